The fourth-order valence-corrected chi connectivity index (χ4v) is 7.38. The van der Waals surface area contributed by atoms with E-state index in [1.807, 2.05) is 0 Å². The molecule has 4 heterocycles. The van der Waals surface area contributed by atoms with Crippen LogP contribution in [0.5, 0.6) is 0 Å². The Morgan fingerprint density at radius 3 is 2.02 bits per heavy atom. The van der Waals surface area contributed by atoms with Gasteiger partial charge in [-0.3, -0.25) is 14.5 Å². The van der Waals surface area contributed by atoms with Gasteiger partial charge in [-0.05, 0) is 12.5 Å². The van der Waals surface area contributed by atoms with Crippen LogP contribution in [-0.4, -0.2) is 242 Å². The molecule has 1 aromatic rings. The minimum Gasteiger partial charge on any atom is -0.480 e. The summed E-state index contributed by atoms with van der Waals surface area (Å²) in [5.74, 6) is -2.65. The number of rotatable bonds is 18. The first kappa shape index (κ1) is 48.9. The van der Waals surface area contributed by atoms with Crippen LogP contribution in [0.1, 0.15) is 12.5 Å². The van der Waals surface area contributed by atoms with E-state index in [1.165, 1.54) is 11.8 Å². The molecule has 61 heavy (non-hydrogen) atoms. The number of nitrogens with one attached hydrogen (secondary N) is 2. The maximum atomic E-state index is 12.9. The first-order valence-corrected chi connectivity index (χ1v) is 19.7. The second-order valence-corrected chi connectivity index (χ2v) is 15.3. The Hall–Kier alpha value is -3.09. The highest BCUT2D eigenvalue weighted by Crippen LogP contribution is 2.31. The molecular weight excluding hydrogens is 822 g/mol. The highest BCUT2D eigenvalue weighted by molar-refractivity contribution is 5.88. The maximum absolute atomic E-state index is 12.9. The Morgan fingerprint density at radius 2 is 1.36 bits per heavy atom. The van der Waals surface area contributed by atoms with Crippen molar-refractivity contribution in [3.05, 3.63) is 35.9 Å². The highest BCUT2D eigenvalue weighted by Gasteiger charge is 2.52. The number of morpholine rings is 1. The summed E-state index contributed by atoms with van der Waals surface area (Å²) < 4.78 is 39.7. The van der Waals surface area contributed by atoms with Crippen LogP contribution in [0.25, 0.3) is 0 Å². The van der Waals surface area contributed by atoms with Crippen molar-refractivity contribution in [3.8, 4) is 0 Å². The second kappa shape index (κ2) is 22.5. The van der Waals surface area contributed by atoms with Gasteiger partial charge in [-0.1, -0.05) is 30.3 Å². The molecule has 24 nitrogen and oxygen atoms in total. The summed E-state index contributed by atoms with van der Waals surface area (Å²) >= 11 is 0. The van der Waals surface area contributed by atoms with Gasteiger partial charge >= 0.3 is 5.97 Å². The van der Waals surface area contributed by atoms with E-state index in [4.69, 9.17) is 33.2 Å². The molecule has 0 spiro atoms. The van der Waals surface area contributed by atoms with E-state index < -0.39 is 161 Å². The molecule has 4 fully saturated rings. The fraction of sp³-hybridized carbons (Fsp3) is 0.757. The molecule has 0 aliphatic carbocycles. The number of hydrogen-bond acceptors (Lipinski definition) is 21. The van der Waals surface area contributed by atoms with Crippen molar-refractivity contribution in [2.75, 3.05) is 52.6 Å². The van der Waals surface area contributed by atoms with E-state index in [0.717, 1.165) is 0 Å². The molecule has 17 unspecified atom stereocenters. The average molecular weight is 880 g/mol. The standard InChI is InChI=1S/C37H57N3O21/c1-16-26(46)33(61-37-31(51)30(50)27(47)20(13-42)59-37)29(49)22(56-16)15-55-36-32(52)34(28(48)21(14-43)58-36)60-25-11-40(9-18(12-41)57-25)10-24(45)38-8-23(44)39-19(35(53)54)7-17-5-3-2-4-6-17/h2-6,16,18-22,25-34,36-37,41-43,46-52H,7-15H2,1H3,(H,38,45)(H,39,44)(H,53,54)/t16?,18?,19-,20?,21?,22?,25?,26?,27?,28?,29?,30?,31?,32?,33?,34?,36?,37?/m0/s1. The number of aliphatic hydroxyl groups is 10. The van der Waals surface area contributed by atoms with Crippen molar-refractivity contribution >= 4 is 17.8 Å². The van der Waals surface area contributed by atoms with Crippen molar-refractivity contribution in [3.63, 3.8) is 0 Å². The zero-order valence-corrected chi connectivity index (χ0v) is 33.1. The van der Waals surface area contributed by atoms with Crippen LogP contribution in [0.2, 0.25) is 0 Å². The quantitative estimate of drug-likeness (QED) is 0.0651. The van der Waals surface area contributed by atoms with Crippen LogP contribution in [0, 0.1) is 0 Å². The molecule has 4 aliphatic heterocycles. The Bertz CT molecular complexity index is 1550. The summed E-state index contributed by atoms with van der Waals surface area (Å²) in [7, 11) is 0. The summed E-state index contributed by atoms with van der Waals surface area (Å²) in [5.41, 5.74) is 0.682. The number of benzene rings is 1. The van der Waals surface area contributed by atoms with E-state index in [1.54, 1.807) is 30.3 Å². The van der Waals surface area contributed by atoms with Gasteiger partial charge in [-0.25, -0.2) is 4.79 Å². The average Bonchev–Trinajstić information content (AvgIpc) is 3.24. The molecule has 0 bridgehead atoms. The third-order valence-corrected chi connectivity index (χ3v) is 10.8. The molecule has 13 N–H and O–H groups in total. The number of carboxylic acids is 1. The van der Waals surface area contributed by atoms with Crippen molar-refractivity contribution in [1.29, 1.82) is 0 Å². The van der Waals surface area contributed by atoms with Crippen LogP contribution >= 0.6 is 0 Å². The Balaban J connectivity index is 1.16. The predicted octanol–water partition coefficient (Wildman–Crippen LogP) is -7.53. The Kier molecular flexibility index (Phi) is 18.1. The molecule has 4 aliphatic rings. The Labute approximate surface area is 349 Å². The molecule has 346 valence electrons. The molecule has 0 aromatic heterocycles. The number of carboxylic acid groups (broad SMARTS) is 1. The number of carbonyl (C=O) groups excluding carboxylic acids is 2. The lowest BCUT2D eigenvalue weighted by atomic mass is 9.94. The smallest absolute Gasteiger partial charge is 0.326 e. The zero-order chi connectivity index (χ0) is 44.5. The zero-order valence-electron chi connectivity index (χ0n) is 33.1. The van der Waals surface area contributed by atoms with Gasteiger partial charge in [-0.2, -0.15) is 0 Å². The fourth-order valence-electron chi connectivity index (χ4n) is 7.38. The van der Waals surface area contributed by atoms with Gasteiger partial charge in [-0.15, -0.1) is 0 Å². The highest BCUT2D eigenvalue weighted by atomic mass is 16.7. The van der Waals surface area contributed by atoms with Crippen molar-refractivity contribution in [2.45, 2.75) is 124 Å². The number of carbonyl (C=O) groups is 3. The second-order valence-electron chi connectivity index (χ2n) is 15.3. The minimum absolute atomic E-state index is 0.0192. The lowest BCUT2D eigenvalue weighted by Gasteiger charge is -2.47. The van der Waals surface area contributed by atoms with Crippen LogP contribution in [0.4, 0.5) is 0 Å². The van der Waals surface area contributed by atoms with Crippen molar-refractivity contribution < 1.29 is 104 Å². The first-order chi connectivity index (χ1) is 29.0. The summed E-state index contributed by atoms with van der Waals surface area (Å²) in [6.45, 7) is -2.19. The van der Waals surface area contributed by atoms with Gasteiger partial charge in [0.1, 0.15) is 79.3 Å². The van der Waals surface area contributed by atoms with Crippen LogP contribution in [0.3, 0.4) is 0 Å². The summed E-state index contributed by atoms with van der Waals surface area (Å²) in [6.07, 6.45) is -25.8. The lowest BCUT2D eigenvalue weighted by Crippen LogP contribution is -2.65. The van der Waals surface area contributed by atoms with Gasteiger partial charge in [0.05, 0.1) is 58.3 Å². The van der Waals surface area contributed by atoms with Crippen LogP contribution < -0.4 is 10.6 Å². The molecule has 1 aromatic carbocycles. The van der Waals surface area contributed by atoms with E-state index in [0.29, 0.717) is 5.56 Å². The summed E-state index contributed by atoms with van der Waals surface area (Å²) in [6, 6.07) is 7.40. The summed E-state index contributed by atoms with van der Waals surface area (Å²) in [5, 5.41) is 119. The molecule has 18 atom stereocenters. The van der Waals surface area contributed by atoms with E-state index in [-0.39, 0.29) is 26.1 Å². The molecule has 4 saturated heterocycles. The SMILES string of the molecule is CC1OC(COC2OC(CO)C(O)C(OC3CN(CC(=O)NCC(=O)N[C@@H](Cc4ccccc4)C(=O)O)CC(CO)O3)C2O)C(O)C(OC2OC(CO)C(O)C(O)C2O)C1O. The molecule has 5 rings (SSSR count). The largest absolute Gasteiger partial charge is 0.480 e. The van der Waals surface area contributed by atoms with E-state index in [2.05, 4.69) is 10.6 Å². The third kappa shape index (κ3) is 12.6. The van der Waals surface area contributed by atoms with E-state index >= 15 is 0 Å². The number of ether oxygens (including phenoxy) is 7. The first-order valence-electron chi connectivity index (χ1n) is 19.7. The van der Waals surface area contributed by atoms with Crippen LogP contribution in [-0.2, 0) is 54.0 Å². The van der Waals surface area contributed by atoms with Gasteiger partial charge in [0.15, 0.2) is 18.9 Å². The number of aliphatic carboxylic acids is 1. The molecule has 0 radical (unpaired) electrons. The van der Waals surface area contributed by atoms with Crippen molar-refractivity contribution in [1.82, 2.24) is 15.5 Å². The topological polar surface area (TPSA) is 366 Å². The minimum atomic E-state index is -1.84. The van der Waals surface area contributed by atoms with E-state index in [9.17, 15) is 70.6 Å². The number of nitrogens with zero attached hydrogens (tertiary/aromatic N) is 1. The van der Waals surface area contributed by atoms with Crippen molar-refractivity contribution in [2.24, 2.45) is 0 Å². The number of hydrogen-bond donors (Lipinski definition) is 13. The molecular formula is C37H57N3O21. The molecule has 24 heteroatoms. The van der Waals surface area contributed by atoms with Crippen LogP contribution in [0.15, 0.2) is 30.3 Å². The van der Waals surface area contributed by atoms with Gasteiger partial charge < -0.3 is 100.0 Å². The molecule has 0 saturated carbocycles. The number of amides is 2. The van der Waals surface area contributed by atoms with Gasteiger partial charge in [0.25, 0.3) is 0 Å². The monoisotopic (exact) mass is 879 g/mol. The maximum Gasteiger partial charge on any atom is 0.326 e. The normalized spacial score (nSPS) is 39.0. The summed E-state index contributed by atoms with van der Waals surface area (Å²) in [4.78, 5) is 38.7. The van der Waals surface area contributed by atoms with Gasteiger partial charge in [0, 0.05) is 13.0 Å². The Morgan fingerprint density at radius 1 is 0.721 bits per heavy atom. The molecule has 2 amide bonds. The number of aliphatic hydroxyl groups excluding tert-OH is 10. The lowest BCUT2D eigenvalue weighted by molar-refractivity contribution is -0.352. The van der Waals surface area contributed by atoms with Gasteiger partial charge in [0.2, 0.25) is 11.8 Å². The third-order valence-electron chi connectivity index (χ3n) is 10.8. The predicted molar refractivity (Wildman–Crippen MR) is 198 cm³/mol.